The van der Waals surface area contributed by atoms with Gasteiger partial charge in [-0.1, -0.05) is 6.92 Å². The van der Waals surface area contributed by atoms with E-state index in [1.807, 2.05) is 0 Å². The lowest BCUT2D eigenvalue weighted by Gasteiger charge is -2.40. The molecule has 0 bridgehead atoms. The van der Waals surface area contributed by atoms with Crippen LogP contribution in [0.2, 0.25) is 0 Å². The van der Waals surface area contributed by atoms with Gasteiger partial charge in [-0.3, -0.25) is 4.90 Å². The van der Waals surface area contributed by atoms with Gasteiger partial charge in [-0.15, -0.1) is 0 Å². The summed E-state index contributed by atoms with van der Waals surface area (Å²) in [6.07, 6.45) is 2.18. The van der Waals surface area contributed by atoms with Crippen molar-refractivity contribution in [2.75, 3.05) is 46.9 Å². The fourth-order valence-corrected chi connectivity index (χ4v) is 2.31. The Hall–Kier alpha value is -0.160. The molecular weight excluding hydrogens is 202 g/mol. The van der Waals surface area contributed by atoms with Crippen molar-refractivity contribution < 1.29 is 4.74 Å². The molecule has 2 unspecified atom stereocenters. The van der Waals surface area contributed by atoms with Gasteiger partial charge in [-0.25, -0.2) is 0 Å². The highest BCUT2D eigenvalue weighted by Crippen LogP contribution is 2.11. The van der Waals surface area contributed by atoms with E-state index in [0.717, 1.165) is 39.2 Å². The lowest BCUT2D eigenvalue weighted by molar-refractivity contribution is 0.0850. The second-order valence-corrected chi connectivity index (χ2v) is 4.84. The molecule has 1 aliphatic rings. The van der Waals surface area contributed by atoms with Crippen LogP contribution in [0.15, 0.2) is 0 Å². The van der Waals surface area contributed by atoms with Crippen LogP contribution in [0.5, 0.6) is 0 Å². The number of hydrogen-bond acceptors (Lipinski definition) is 4. The van der Waals surface area contributed by atoms with E-state index in [1.54, 1.807) is 7.11 Å². The van der Waals surface area contributed by atoms with E-state index in [-0.39, 0.29) is 6.04 Å². The minimum atomic E-state index is 0.251. The van der Waals surface area contributed by atoms with Crippen molar-refractivity contribution in [1.82, 2.24) is 9.80 Å². The summed E-state index contributed by atoms with van der Waals surface area (Å²) in [7, 11) is 3.95. The third kappa shape index (κ3) is 4.37. The third-order valence-electron chi connectivity index (χ3n) is 3.52. The quantitative estimate of drug-likeness (QED) is 0.715. The Balaban J connectivity index is 2.27. The van der Waals surface area contributed by atoms with E-state index >= 15 is 0 Å². The minimum absolute atomic E-state index is 0.251. The second-order valence-electron chi connectivity index (χ2n) is 4.84. The normalized spacial score (nSPS) is 25.9. The third-order valence-corrected chi connectivity index (χ3v) is 3.52. The minimum Gasteiger partial charge on any atom is -0.385 e. The molecule has 96 valence electrons. The van der Waals surface area contributed by atoms with Gasteiger partial charge in [-0.2, -0.15) is 0 Å². The fraction of sp³-hybridized carbons (Fsp3) is 1.00. The van der Waals surface area contributed by atoms with E-state index in [1.165, 1.54) is 6.42 Å². The van der Waals surface area contributed by atoms with Crippen LogP contribution in [-0.2, 0) is 4.74 Å². The summed E-state index contributed by atoms with van der Waals surface area (Å²) in [5, 5.41) is 0. The molecule has 0 aromatic carbocycles. The van der Waals surface area contributed by atoms with Crippen molar-refractivity contribution >= 4 is 0 Å². The first-order valence-electron chi connectivity index (χ1n) is 6.34. The van der Waals surface area contributed by atoms with Crippen LogP contribution >= 0.6 is 0 Å². The predicted molar refractivity (Wildman–Crippen MR) is 67.6 cm³/mol. The number of nitrogens with two attached hydrogens (primary N) is 1. The van der Waals surface area contributed by atoms with Crippen molar-refractivity contribution in [2.24, 2.45) is 5.73 Å². The van der Waals surface area contributed by atoms with Crippen LogP contribution in [0.1, 0.15) is 19.8 Å². The van der Waals surface area contributed by atoms with E-state index < -0.39 is 0 Å². The zero-order valence-electron chi connectivity index (χ0n) is 11.0. The van der Waals surface area contributed by atoms with Gasteiger partial charge in [0.1, 0.15) is 0 Å². The molecular formula is C12H27N3O. The largest absolute Gasteiger partial charge is 0.385 e. The topological polar surface area (TPSA) is 41.7 Å². The molecule has 1 aliphatic heterocycles. The lowest BCUT2D eigenvalue weighted by atomic mass is 10.1. The summed E-state index contributed by atoms with van der Waals surface area (Å²) in [6.45, 7) is 7.51. The summed E-state index contributed by atoms with van der Waals surface area (Å²) in [6, 6.07) is 0.948. The zero-order valence-corrected chi connectivity index (χ0v) is 11.0. The Bertz CT molecular complexity index is 189. The highest BCUT2D eigenvalue weighted by atomic mass is 16.5. The lowest BCUT2D eigenvalue weighted by Crippen LogP contribution is -2.53. The number of methoxy groups -OCH3 is 1. The number of nitrogens with zero attached hydrogens (tertiary/aromatic N) is 2. The summed E-state index contributed by atoms with van der Waals surface area (Å²) in [4.78, 5) is 4.95. The van der Waals surface area contributed by atoms with Gasteiger partial charge in [0.05, 0.1) is 0 Å². The van der Waals surface area contributed by atoms with E-state index in [0.29, 0.717) is 6.04 Å². The van der Waals surface area contributed by atoms with Crippen LogP contribution < -0.4 is 5.73 Å². The Morgan fingerprint density at radius 3 is 2.81 bits per heavy atom. The van der Waals surface area contributed by atoms with Crippen molar-refractivity contribution in [3.05, 3.63) is 0 Å². The molecule has 0 aromatic heterocycles. The maximum Gasteiger partial charge on any atom is 0.0477 e. The van der Waals surface area contributed by atoms with Crippen LogP contribution in [0, 0.1) is 0 Å². The number of likely N-dealkylation sites (N-methyl/N-ethyl adjacent to an activating group) is 1. The van der Waals surface area contributed by atoms with E-state index in [4.69, 9.17) is 10.5 Å². The fourth-order valence-electron chi connectivity index (χ4n) is 2.31. The van der Waals surface area contributed by atoms with Gasteiger partial charge >= 0.3 is 0 Å². The molecule has 0 aromatic rings. The Kier molecular flexibility index (Phi) is 6.28. The van der Waals surface area contributed by atoms with Crippen LogP contribution in [0.25, 0.3) is 0 Å². The smallest absolute Gasteiger partial charge is 0.0477 e. The highest BCUT2D eigenvalue weighted by molar-refractivity contribution is 4.81. The molecule has 1 rings (SSSR count). The molecule has 4 heteroatoms. The number of ether oxygens (including phenoxy) is 1. The number of rotatable bonds is 6. The molecule has 16 heavy (non-hydrogen) atoms. The van der Waals surface area contributed by atoms with Gasteiger partial charge in [0.15, 0.2) is 0 Å². The van der Waals surface area contributed by atoms with Gasteiger partial charge in [0.2, 0.25) is 0 Å². The maximum atomic E-state index is 6.08. The average Bonchev–Trinajstić information content (AvgIpc) is 2.29. The van der Waals surface area contributed by atoms with Gasteiger partial charge < -0.3 is 15.4 Å². The first-order valence-corrected chi connectivity index (χ1v) is 6.34. The van der Waals surface area contributed by atoms with Crippen molar-refractivity contribution in [3.63, 3.8) is 0 Å². The summed E-state index contributed by atoms with van der Waals surface area (Å²) in [5.74, 6) is 0. The summed E-state index contributed by atoms with van der Waals surface area (Å²) < 4.78 is 5.05. The molecule has 0 radical (unpaired) electrons. The van der Waals surface area contributed by atoms with E-state index in [2.05, 4.69) is 23.8 Å². The summed E-state index contributed by atoms with van der Waals surface area (Å²) in [5.41, 5.74) is 6.08. The molecule has 0 aliphatic carbocycles. The van der Waals surface area contributed by atoms with Gasteiger partial charge in [0.25, 0.3) is 0 Å². The van der Waals surface area contributed by atoms with Crippen LogP contribution in [0.3, 0.4) is 0 Å². The number of piperazine rings is 1. The predicted octanol–water partition coefficient (Wildman–Crippen LogP) is 0.376. The van der Waals surface area contributed by atoms with Crippen LogP contribution in [0.4, 0.5) is 0 Å². The van der Waals surface area contributed by atoms with Crippen molar-refractivity contribution in [1.29, 1.82) is 0 Å². The van der Waals surface area contributed by atoms with Crippen molar-refractivity contribution in [3.8, 4) is 0 Å². The first kappa shape index (κ1) is 13.9. The first-order chi connectivity index (χ1) is 7.67. The Morgan fingerprint density at radius 1 is 1.44 bits per heavy atom. The zero-order chi connectivity index (χ0) is 12.0. The molecule has 2 N–H and O–H groups in total. The maximum absolute atomic E-state index is 6.08. The average molecular weight is 229 g/mol. The van der Waals surface area contributed by atoms with Crippen LogP contribution in [-0.4, -0.2) is 68.8 Å². The van der Waals surface area contributed by atoms with Gasteiger partial charge in [0, 0.05) is 52.0 Å². The molecule has 4 nitrogen and oxygen atoms in total. The highest BCUT2D eigenvalue weighted by Gasteiger charge is 2.23. The Morgan fingerprint density at radius 2 is 2.19 bits per heavy atom. The van der Waals surface area contributed by atoms with E-state index in [9.17, 15) is 0 Å². The van der Waals surface area contributed by atoms with Gasteiger partial charge in [-0.05, 0) is 19.9 Å². The summed E-state index contributed by atoms with van der Waals surface area (Å²) >= 11 is 0. The molecule has 0 saturated carbocycles. The monoisotopic (exact) mass is 229 g/mol. The molecule has 1 saturated heterocycles. The molecule has 2 atom stereocenters. The van der Waals surface area contributed by atoms with Crippen molar-refractivity contribution in [2.45, 2.75) is 31.8 Å². The molecule has 0 spiro atoms. The molecule has 1 fully saturated rings. The Labute approximate surface area is 99.7 Å². The molecule has 0 amide bonds. The standard InChI is InChI=1S/C12H27N3O/c1-4-12-10-15(7-6-14(12)2)9-11(13)5-8-16-3/h11-12H,4-10,13H2,1-3H3. The SMILES string of the molecule is CCC1CN(CC(N)CCOC)CCN1C. The number of hydrogen-bond donors (Lipinski definition) is 1. The second kappa shape index (κ2) is 7.22. The molecule has 1 heterocycles.